The largest absolute Gasteiger partial charge is 0.405 e. The van der Waals surface area contributed by atoms with Crippen LogP contribution in [0.25, 0.3) is 0 Å². The molecule has 0 spiro atoms. The second-order valence-electron chi connectivity index (χ2n) is 3.83. The maximum Gasteiger partial charge on any atom is 0.405 e. The Kier molecular flexibility index (Phi) is 5.35. The highest BCUT2D eigenvalue weighted by Gasteiger charge is 2.27. The third-order valence-corrected chi connectivity index (χ3v) is 2.14. The normalized spacial score (nSPS) is 10.9. The molecule has 0 aliphatic carbocycles. The lowest BCUT2D eigenvalue weighted by atomic mass is 10.1. The van der Waals surface area contributed by atoms with Crippen LogP contribution in [0.4, 0.5) is 13.2 Å². The summed E-state index contributed by atoms with van der Waals surface area (Å²) in [6, 6.07) is 8.80. The fourth-order valence-corrected chi connectivity index (χ4v) is 1.28. The summed E-state index contributed by atoms with van der Waals surface area (Å²) in [5.74, 6) is -1.30. The molecule has 104 valence electrons. The predicted octanol–water partition coefficient (Wildman–Crippen LogP) is 1.02. The van der Waals surface area contributed by atoms with Gasteiger partial charge in [0.2, 0.25) is 11.8 Å². The van der Waals surface area contributed by atoms with Crippen molar-refractivity contribution in [1.29, 1.82) is 0 Å². The van der Waals surface area contributed by atoms with Crippen LogP contribution in [0.15, 0.2) is 30.3 Å². The standard InChI is InChI=1S/C12H13F3N2O2/c13-12(14,15)8-17-11(19)7-16-10(18)6-9-4-2-1-3-5-9/h1-5H,6-8H2,(H,16,18)(H,17,19). The van der Waals surface area contributed by atoms with Crippen LogP contribution >= 0.6 is 0 Å². The van der Waals surface area contributed by atoms with E-state index in [2.05, 4.69) is 5.32 Å². The zero-order valence-corrected chi connectivity index (χ0v) is 9.96. The van der Waals surface area contributed by atoms with Crippen LogP contribution in [0.5, 0.6) is 0 Å². The van der Waals surface area contributed by atoms with E-state index in [0.717, 1.165) is 5.56 Å². The smallest absolute Gasteiger partial charge is 0.347 e. The number of carbonyl (C=O) groups is 2. The van der Waals surface area contributed by atoms with Crippen molar-refractivity contribution in [2.24, 2.45) is 0 Å². The number of alkyl halides is 3. The molecule has 0 saturated carbocycles. The Balaban J connectivity index is 2.25. The number of amides is 2. The van der Waals surface area contributed by atoms with Crippen molar-refractivity contribution in [1.82, 2.24) is 10.6 Å². The van der Waals surface area contributed by atoms with E-state index < -0.39 is 31.1 Å². The molecule has 0 atom stereocenters. The third-order valence-electron chi connectivity index (χ3n) is 2.14. The van der Waals surface area contributed by atoms with Gasteiger partial charge in [-0.05, 0) is 5.56 Å². The Hall–Kier alpha value is -2.05. The lowest BCUT2D eigenvalue weighted by molar-refractivity contribution is -0.138. The fraction of sp³-hybridized carbons (Fsp3) is 0.333. The van der Waals surface area contributed by atoms with Crippen molar-refractivity contribution in [2.75, 3.05) is 13.1 Å². The Labute approximate surface area is 108 Å². The Bertz CT molecular complexity index is 432. The zero-order valence-electron chi connectivity index (χ0n) is 9.96. The third kappa shape index (κ3) is 7.07. The molecule has 1 aromatic carbocycles. The molecule has 0 fully saturated rings. The molecule has 0 saturated heterocycles. The lowest BCUT2D eigenvalue weighted by Gasteiger charge is -2.09. The van der Waals surface area contributed by atoms with Gasteiger partial charge in [0.1, 0.15) is 6.54 Å². The van der Waals surface area contributed by atoms with Crippen LogP contribution in [0.2, 0.25) is 0 Å². The highest BCUT2D eigenvalue weighted by Crippen LogP contribution is 2.11. The zero-order chi connectivity index (χ0) is 14.3. The Morgan fingerprint density at radius 1 is 1.00 bits per heavy atom. The van der Waals surface area contributed by atoms with Gasteiger partial charge in [-0.1, -0.05) is 30.3 Å². The van der Waals surface area contributed by atoms with Crippen LogP contribution in [0, 0.1) is 0 Å². The number of carbonyl (C=O) groups excluding carboxylic acids is 2. The van der Waals surface area contributed by atoms with E-state index in [0.29, 0.717) is 0 Å². The number of hydrogen-bond donors (Lipinski definition) is 2. The maximum absolute atomic E-state index is 11.8. The first-order chi connectivity index (χ1) is 8.87. The van der Waals surface area contributed by atoms with E-state index in [-0.39, 0.29) is 6.42 Å². The molecule has 1 rings (SSSR count). The highest BCUT2D eigenvalue weighted by molar-refractivity contribution is 5.85. The van der Waals surface area contributed by atoms with Gasteiger partial charge in [0.05, 0.1) is 13.0 Å². The van der Waals surface area contributed by atoms with Gasteiger partial charge in [0, 0.05) is 0 Å². The maximum atomic E-state index is 11.8. The first kappa shape index (κ1) is 15.0. The summed E-state index contributed by atoms with van der Waals surface area (Å²) in [7, 11) is 0. The van der Waals surface area contributed by atoms with Gasteiger partial charge in [-0.15, -0.1) is 0 Å². The van der Waals surface area contributed by atoms with Gasteiger partial charge in [-0.2, -0.15) is 13.2 Å². The molecule has 1 aromatic rings. The molecule has 7 heteroatoms. The summed E-state index contributed by atoms with van der Waals surface area (Å²) < 4.78 is 35.4. The molecule has 0 unspecified atom stereocenters. The van der Waals surface area contributed by atoms with Crippen molar-refractivity contribution in [3.63, 3.8) is 0 Å². The van der Waals surface area contributed by atoms with Crippen molar-refractivity contribution in [3.8, 4) is 0 Å². The number of nitrogens with one attached hydrogen (secondary N) is 2. The quantitative estimate of drug-likeness (QED) is 0.842. The van der Waals surface area contributed by atoms with Gasteiger partial charge >= 0.3 is 6.18 Å². The van der Waals surface area contributed by atoms with Gasteiger partial charge in [-0.3, -0.25) is 9.59 Å². The summed E-state index contributed by atoms with van der Waals surface area (Å²) in [6.45, 7) is -1.87. The van der Waals surface area contributed by atoms with Crippen molar-refractivity contribution < 1.29 is 22.8 Å². The van der Waals surface area contributed by atoms with E-state index in [4.69, 9.17) is 0 Å². The van der Waals surface area contributed by atoms with Crippen molar-refractivity contribution >= 4 is 11.8 Å². The molecule has 0 aromatic heterocycles. The second kappa shape index (κ2) is 6.77. The molecular formula is C12H13F3N2O2. The molecular weight excluding hydrogens is 261 g/mol. The molecule has 0 bridgehead atoms. The minimum Gasteiger partial charge on any atom is -0.347 e. The van der Waals surface area contributed by atoms with Crippen LogP contribution in [-0.2, 0) is 16.0 Å². The summed E-state index contributed by atoms with van der Waals surface area (Å²) in [5, 5.41) is 3.91. The molecule has 0 aliphatic rings. The first-order valence-electron chi connectivity index (χ1n) is 5.51. The molecule has 2 N–H and O–H groups in total. The average molecular weight is 274 g/mol. The molecule has 0 heterocycles. The number of benzene rings is 1. The number of rotatable bonds is 5. The van der Waals surface area contributed by atoms with Crippen LogP contribution in [0.1, 0.15) is 5.56 Å². The van der Waals surface area contributed by atoms with E-state index in [1.807, 2.05) is 0 Å². The minimum absolute atomic E-state index is 0.0768. The van der Waals surface area contributed by atoms with E-state index >= 15 is 0 Å². The van der Waals surface area contributed by atoms with Gasteiger partial charge < -0.3 is 10.6 Å². The summed E-state index contributed by atoms with van der Waals surface area (Å²) >= 11 is 0. The van der Waals surface area contributed by atoms with E-state index in [1.165, 1.54) is 0 Å². The van der Waals surface area contributed by atoms with Crippen LogP contribution in [-0.4, -0.2) is 31.1 Å². The average Bonchev–Trinajstić information content (AvgIpc) is 2.34. The van der Waals surface area contributed by atoms with Gasteiger partial charge in [-0.25, -0.2) is 0 Å². The number of hydrogen-bond acceptors (Lipinski definition) is 2. The van der Waals surface area contributed by atoms with Crippen molar-refractivity contribution in [2.45, 2.75) is 12.6 Å². The Morgan fingerprint density at radius 3 is 2.21 bits per heavy atom. The SMILES string of the molecule is O=C(CNC(=O)Cc1ccccc1)NCC(F)(F)F. The van der Waals surface area contributed by atoms with Crippen molar-refractivity contribution in [3.05, 3.63) is 35.9 Å². The second-order valence-corrected chi connectivity index (χ2v) is 3.83. The summed E-state index contributed by atoms with van der Waals surface area (Å²) in [5.41, 5.74) is 0.760. The van der Waals surface area contributed by atoms with Gasteiger partial charge in [0.15, 0.2) is 0 Å². The summed E-state index contributed by atoms with van der Waals surface area (Å²) in [4.78, 5) is 22.4. The van der Waals surface area contributed by atoms with Crippen LogP contribution in [0.3, 0.4) is 0 Å². The predicted molar refractivity (Wildman–Crippen MR) is 62.2 cm³/mol. The molecule has 2 amide bonds. The van der Waals surface area contributed by atoms with E-state index in [1.54, 1.807) is 35.6 Å². The Morgan fingerprint density at radius 2 is 1.63 bits per heavy atom. The summed E-state index contributed by atoms with van der Waals surface area (Å²) in [6.07, 6.45) is -4.38. The van der Waals surface area contributed by atoms with E-state index in [9.17, 15) is 22.8 Å². The minimum atomic E-state index is -4.45. The molecule has 0 radical (unpaired) electrons. The molecule has 19 heavy (non-hydrogen) atoms. The topological polar surface area (TPSA) is 58.2 Å². The van der Waals surface area contributed by atoms with Gasteiger partial charge in [0.25, 0.3) is 0 Å². The number of halogens is 3. The molecule has 4 nitrogen and oxygen atoms in total. The first-order valence-corrected chi connectivity index (χ1v) is 5.51. The highest BCUT2D eigenvalue weighted by atomic mass is 19.4. The fourth-order valence-electron chi connectivity index (χ4n) is 1.28. The molecule has 0 aliphatic heterocycles. The van der Waals surface area contributed by atoms with Crippen LogP contribution < -0.4 is 10.6 Å². The lowest BCUT2D eigenvalue weighted by Crippen LogP contribution is -2.41. The monoisotopic (exact) mass is 274 g/mol.